The van der Waals surface area contributed by atoms with E-state index < -0.39 is 5.97 Å². The van der Waals surface area contributed by atoms with Crippen molar-refractivity contribution in [1.29, 1.82) is 0 Å². The molecule has 2 aromatic rings. The summed E-state index contributed by atoms with van der Waals surface area (Å²) in [5.74, 6) is 1.78. The number of thioether (sulfide) groups is 1. The Morgan fingerprint density at radius 1 is 1.39 bits per heavy atom. The number of carbonyl (C=O) groups excluding carboxylic acids is 1. The van der Waals surface area contributed by atoms with Crippen LogP contribution in [0.1, 0.15) is 15.9 Å². The van der Waals surface area contributed by atoms with Gasteiger partial charge in [-0.25, -0.2) is 9.79 Å². The third-order valence-corrected chi connectivity index (χ3v) is 5.51. The van der Waals surface area contributed by atoms with Crippen LogP contribution in [0.3, 0.4) is 0 Å². The van der Waals surface area contributed by atoms with Crippen LogP contribution in [-0.4, -0.2) is 47.8 Å². The summed E-state index contributed by atoms with van der Waals surface area (Å²) < 4.78 is 10.8. The van der Waals surface area contributed by atoms with E-state index >= 15 is 0 Å². The number of carboxylic acid groups (broad SMARTS) is 1. The largest absolute Gasteiger partial charge is 0.493 e. The third-order valence-electron chi connectivity index (χ3n) is 4.17. The van der Waals surface area contributed by atoms with Gasteiger partial charge in [-0.1, -0.05) is 23.6 Å². The van der Waals surface area contributed by atoms with Crippen LogP contribution in [0.2, 0.25) is 5.02 Å². The lowest BCUT2D eigenvalue weighted by atomic mass is 10.2. The number of ether oxygens (including phenoxy) is 2. The van der Waals surface area contributed by atoms with Gasteiger partial charge < -0.3 is 14.6 Å². The van der Waals surface area contributed by atoms with Crippen LogP contribution >= 0.6 is 23.4 Å². The van der Waals surface area contributed by atoms with E-state index in [0.717, 1.165) is 0 Å². The molecule has 3 rings (SSSR count). The molecule has 2 aromatic carbocycles. The van der Waals surface area contributed by atoms with Crippen molar-refractivity contribution < 1.29 is 24.2 Å². The molecule has 0 bridgehead atoms. The van der Waals surface area contributed by atoms with Crippen LogP contribution in [0, 0.1) is 12.3 Å². The standard InChI is InChI=1S/C22H17ClN2O5S/c1-4-8-30-19-16(23)9-13(10-17(19)29-3)11-18-20(26)25(2)22(31-18)24-15-7-5-6-14(12-15)21(27)28/h1,5-7,9-12H,8H2,2-3H3,(H,27,28)/b18-11-,24-22?. The summed E-state index contributed by atoms with van der Waals surface area (Å²) in [6.07, 6.45) is 6.89. The fourth-order valence-electron chi connectivity index (χ4n) is 2.70. The summed E-state index contributed by atoms with van der Waals surface area (Å²) >= 11 is 7.47. The van der Waals surface area contributed by atoms with Gasteiger partial charge in [0.05, 0.1) is 28.3 Å². The van der Waals surface area contributed by atoms with Crippen LogP contribution in [0.4, 0.5) is 5.69 Å². The fourth-order valence-corrected chi connectivity index (χ4v) is 3.96. The third kappa shape index (κ3) is 5.02. The molecule has 1 amide bonds. The summed E-state index contributed by atoms with van der Waals surface area (Å²) in [6, 6.07) is 9.50. The van der Waals surface area contributed by atoms with Crippen molar-refractivity contribution in [2.75, 3.05) is 20.8 Å². The number of carbonyl (C=O) groups is 2. The van der Waals surface area contributed by atoms with E-state index in [-0.39, 0.29) is 18.1 Å². The van der Waals surface area contributed by atoms with Gasteiger partial charge in [0.1, 0.15) is 6.61 Å². The van der Waals surface area contributed by atoms with E-state index in [1.54, 1.807) is 37.4 Å². The van der Waals surface area contributed by atoms with E-state index in [4.69, 9.17) is 32.6 Å². The molecule has 1 heterocycles. The average molecular weight is 457 g/mol. The van der Waals surface area contributed by atoms with Crippen LogP contribution in [0.15, 0.2) is 46.3 Å². The summed E-state index contributed by atoms with van der Waals surface area (Å²) in [5.41, 5.74) is 1.18. The first-order valence-corrected chi connectivity index (χ1v) is 10.1. The summed E-state index contributed by atoms with van der Waals surface area (Å²) in [5, 5.41) is 9.85. The highest BCUT2D eigenvalue weighted by molar-refractivity contribution is 8.18. The zero-order chi connectivity index (χ0) is 22.5. The van der Waals surface area contributed by atoms with Crippen LogP contribution in [0.25, 0.3) is 6.08 Å². The number of aliphatic imine (C=N–C) groups is 1. The summed E-state index contributed by atoms with van der Waals surface area (Å²) in [6.45, 7) is 0.0402. The first-order valence-electron chi connectivity index (χ1n) is 8.87. The van der Waals surface area contributed by atoms with Crippen LogP contribution in [0.5, 0.6) is 11.5 Å². The molecule has 158 valence electrons. The number of hydrogen-bond acceptors (Lipinski definition) is 6. The number of rotatable bonds is 6. The lowest BCUT2D eigenvalue weighted by Gasteiger charge is -2.11. The van der Waals surface area contributed by atoms with Crippen molar-refractivity contribution in [1.82, 2.24) is 4.90 Å². The van der Waals surface area contributed by atoms with Gasteiger partial charge in [0, 0.05) is 7.05 Å². The lowest BCUT2D eigenvalue weighted by Crippen LogP contribution is -2.23. The highest BCUT2D eigenvalue weighted by Gasteiger charge is 2.30. The Balaban J connectivity index is 1.92. The molecule has 0 radical (unpaired) electrons. The number of carboxylic acids is 1. The number of benzene rings is 2. The van der Waals surface area contributed by atoms with Gasteiger partial charge in [-0.05, 0) is 53.7 Å². The predicted molar refractivity (Wildman–Crippen MR) is 121 cm³/mol. The molecule has 0 atom stereocenters. The number of nitrogens with zero attached hydrogens (tertiary/aromatic N) is 2. The minimum atomic E-state index is -1.05. The Bertz CT molecular complexity index is 1150. The summed E-state index contributed by atoms with van der Waals surface area (Å²) in [4.78, 5) is 30.1. The average Bonchev–Trinajstić information content (AvgIpc) is 3.00. The molecule has 0 aliphatic carbocycles. The quantitative estimate of drug-likeness (QED) is 0.515. The zero-order valence-electron chi connectivity index (χ0n) is 16.6. The van der Waals surface area contributed by atoms with Crippen molar-refractivity contribution in [3.8, 4) is 23.8 Å². The van der Waals surface area contributed by atoms with E-state index in [1.165, 1.54) is 35.9 Å². The molecule has 1 N–H and O–H groups in total. The minimum Gasteiger partial charge on any atom is -0.493 e. The smallest absolute Gasteiger partial charge is 0.335 e. The number of terminal acetylenes is 1. The monoisotopic (exact) mass is 456 g/mol. The van der Waals surface area contributed by atoms with E-state index in [2.05, 4.69) is 10.9 Å². The van der Waals surface area contributed by atoms with Crippen molar-refractivity contribution in [3.05, 3.63) is 57.5 Å². The number of aromatic carboxylic acids is 1. The molecule has 31 heavy (non-hydrogen) atoms. The Hall–Kier alpha value is -3.41. The lowest BCUT2D eigenvalue weighted by molar-refractivity contribution is -0.121. The molecule has 1 fully saturated rings. The van der Waals surface area contributed by atoms with Crippen molar-refractivity contribution >= 4 is 52.2 Å². The first kappa shape index (κ1) is 22.3. The minimum absolute atomic E-state index is 0.0402. The maximum atomic E-state index is 12.7. The number of amides is 1. The number of hydrogen-bond donors (Lipinski definition) is 1. The number of likely N-dealkylation sites (N-methyl/N-ethyl adjacent to an activating group) is 1. The Kier molecular flexibility index (Phi) is 6.90. The molecule has 0 saturated carbocycles. The van der Waals surface area contributed by atoms with Crippen molar-refractivity contribution in [2.45, 2.75) is 0 Å². The molecule has 1 saturated heterocycles. The Labute approximate surface area is 188 Å². The molecule has 9 heteroatoms. The molecule has 1 aliphatic heterocycles. The molecular formula is C22H17ClN2O5S. The zero-order valence-corrected chi connectivity index (χ0v) is 18.2. The van der Waals surface area contributed by atoms with Gasteiger partial charge in [0.2, 0.25) is 0 Å². The Morgan fingerprint density at radius 2 is 2.16 bits per heavy atom. The van der Waals surface area contributed by atoms with Gasteiger partial charge in [-0.15, -0.1) is 6.42 Å². The molecule has 1 aliphatic rings. The highest BCUT2D eigenvalue weighted by Crippen LogP contribution is 2.39. The number of amidine groups is 1. The van der Waals surface area contributed by atoms with Gasteiger partial charge in [0.15, 0.2) is 16.7 Å². The van der Waals surface area contributed by atoms with Crippen molar-refractivity contribution in [3.63, 3.8) is 0 Å². The van der Waals surface area contributed by atoms with E-state index in [0.29, 0.717) is 37.8 Å². The highest BCUT2D eigenvalue weighted by atomic mass is 35.5. The molecule has 0 aromatic heterocycles. The van der Waals surface area contributed by atoms with Gasteiger partial charge in [0.25, 0.3) is 5.91 Å². The second-order valence-corrected chi connectivity index (χ2v) is 7.67. The van der Waals surface area contributed by atoms with Crippen LogP contribution in [-0.2, 0) is 4.79 Å². The van der Waals surface area contributed by atoms with Gasteiger partial charge >= 0.3 is 5.97 Å². The predicted octanol–water partition coefficient (Wildman–Crippen LogP) is 4.29. The topological polar surface area (TPSA) is 88.4 Å². The van der Waals surface area contributed by atoms with E-state index in [9.17, 15) is 9.59 Å². The second-order valence-electron chi connectivity index (χ2n) is 6.25. The maximum absolute atomic E-state index is 12.7. The van der Waals surface area contributed by atoms with Crippen molar-refractivity contribution in [2.24, 2.45) is 4.99 Å². The molecule has 7 nitrogen and oxygen atoms in total. The second kappa shape index (κ2) is 9.60. The van der Waals surface area contributed by atoms with Gasteiger partial charge in [-0.2, -0.15) is 0 Å². The van der Waals surface area contributed by atoms with E-state index in [1.807, 2.05) is 0 Å². The van der Waals surface area contributed by atoms with Crippen LogP contribution < -0.4 is 9.47 Å². The first-order chi connectivity index (χ1) is 14.8. The maximum Gasteiger partial charge on any atom is 0.335 e. The summed E-state index contributed by atoms with van der Waals surface area (Å²) in [7, 11) is 3.07. The fraction of sp³-hybridized carbons (Fsp3) is 0.136. The number of halogens is 1. The molecule has 0 unspecified atom stereocenters. The SMILES string of the molecule is C#CCOc1c(Cl)cc(/C=C2\SC(=Nc3cccc(C(=O)O)c3)N(C)C2=O)cc1OC. The normalized spacial score (nSPS) is 15.9. The van der Waals surface area contributed by atoms with Gasteiger partial charge in [-0.3, -0.25) is 9.69 Å². The Morgan fingerprint density at radius 3 is 2.84 bits per heavy atom. The number of methoxy groups -OCH3 is 1. The molecular weight excluding hydrogens is 440 g/mol. The molecule has 0 spiro atoms.